The molecular formula is C16H13NO3S. The highest BCUT2D eigenvalue weighted by molar-refractivity contribution is 7.21. The van der Waals surface area contributed by atoms with E-state index in [1.165, 1.54) is 11.8 Å². The molecule has 0 saturated carbocycles. The molecule has 0 atom stereocenters. The third kappa shape index (κ3) is 3.03. The van der Waals surface area contributed by atoms with Gasteiger partial charge in [-0.05, 0) is 36.4 Å². The second-order valence-corrected chi connectivity index (χ2v) is 5.41. The van der Waals surface area contributed by atoms with Crippen LogP contribution < -0.4 is 4.74 Å². The van der Waals surface area contributed by atoms with E-state index >= 15 is 0 Å². The molecule has 0 radical (unpaired) electrons. The van der Waals surface area contributed by atoms with Gasteiger partial charge in [0.25, 0.3) is 0 Å². The number of rotatable bonds is 4. The molecule has 1 aromatic heterocycles. The molecule has 5 heteroatoms. The lowest BCUT2D eigenvalue weighted by Crippen LogP contribution is -2.12. The van der Waals surface area contributed by atoms with Gasteiger partial charge in [0.15, 0.2) is 6.61 Å². The summed E-state index contributed by atoms with van der Waals surface area (Å²) in [6.45, 7) is -0.0863. The number of para-hydroxylation sites is 1. The Balaban J connectivity index is 1.78. The molecule has 106 valence electrons. The predicted octanol–water partition coefficient (Wildman–Crippen LogP) is 3.52. The summed E-state index contributed by atoms with van der Waals surface area (Å²) in [5.41, 5.74) is 2.03. The van der Waals surface area contributed by atoms with Gasteiger partial charge in [-0.25, -0.2) is 9.78 Å². The topological polar surface area (TPSA) is 48.4 Å². The van der Waals surface area contributed by atoms with E-state index in [2.05, 4.69) is 15.8 Å². The Morgan fingerprint density at radius 3 is 2.62 bits per heavy atom. The van der Waals surface area contributed by atoms with Crippen LogP contribution in [0.2, 0.25) is 0 Å². The lowest BCUT2D eigenvalue weighted by molar-refractivity contribution is -0.142. The van der Waals surface area contributed by atoms with Crippen molar-refractivity contribution in [3.05, 3.63) is 48.5 Å². The van der Waals surface area contributed by atoms with E-state index in [4.69, 9.17) is 4.74 Å². The summed E-state index contributed by atoms with van der Waals surface area (Å²) in [6.07, 6.45) is 0. The molecule has 0 spiro atoms. The van der Waals surface area contributed by atoms with Crippen LogP contribution in [0.25, 0.3) is 20.8 Å². The Hall–Kier alpha value is -2.40. The van der Waals surface area contributed by atoms with Crippen molar-refractivity contribution in [2.75, 3.05) is 13.7 Å². The summed E-state index contributed by atoms with van der Waals surface area (Å²) in [5.74, 6) is 0.232. The number of esters is 1. The average molecular weight is 299 g/mol. The molecule has 1 heterocycles. The largest absolute Gasteiger partial charge is 0.482 e. The van der Waals surface area contributed by atoms with Crippen molar-refractivity contribution in [2.24, 2.45) is 0 Å². The van der Waals surface area contributed by atoms with Gasteiger partial charge in [0.1, 0.15) is 10.8 Å². The number of nitrogens with zero attached hydrogens (tertiary/aromatic N) is 1. The van der Waals surface area contributed by atoms with Crippen molar-refractivity contribution in [1.82, 2.24) is 4.98 Å². The zero-order valence-corrected chi connectivity index (χ0v) is 12.2. The number of carbonyl (C=O) groups excluding carboxylic acids is 1. The van der Waals surface area contributed by atoms with Gasteiger partial charge >= 0.3 is 5.97 Å². The van der Waals surface area contributed by atoms with Crippen LogP contribution in [-0.4, -0.2) is 24.7 Å². The average Bonchev–Trinajstić information content (AvgIpc) is 2.97. The summed E-state index contributed by atoms with van der Waals surface area (Å²) in [4.78, 5) is 15.6. The third-order valence-electron chi connectivity index (χ3n) is 2.98. The quantitative estimate of drug-likeness (QED) is 0.692. The number of aromatic nitrogens is 1. The van der Waals surface area contributed by atoms with Gasteiger partial charge in [0, 0.05) is 5.56 Å². The Morgan fingerprint density at radius 2 is 1.90 bits per heavy atom. The normalized spacial score (nSPS) is 10.5. The van der Waals surface area contributed by atoms with Gasteiger partial charge in [0.2, 0.25) is 0 Å². The van der Waals surface area contributed by atoms with Crippen LogP contribution >= 0.6 is 11.3 Å². The Morgan fingerprint density at radius 1 is 1.14 bits per heavy atom. The molecule has 0 aliphatic heterocycles. The minimum Gasteiger partial charge on any atom is -0.482 e. The predicted molar refractivity (Wildman–Crippen MR) is 82.6 cm³/mol. The first-order valence-corrected chi connectivity index (χ1v) is 7.23. The summed E-state index contributed by atoms with van der Waals surface area (Å²) in [5, 5.41) is 0.968. The smallest absolute Gasteiger partial charge is 0.343 e. The highest BCUT2D eigenvalue weighted by Crippen LogP contribution is 2.30. The maximum absolute atomic E-state index is 11.0. The second-order valence-electron chi connectivity index (χ2n) is 4.38. The summed E-state index contributed by atoms with van der Waals surface area (Å²) in [6, 6.07) is 15.6. The molecular weight excluding hydrogens is 286 g/mol. The first kappa shape index (κ1) is 13.6. The highest BCUT2D eigenvalue weighted by Gasteiger charge is 2.06. The van der Waals surface area contributed by atoms with Gasteiger partial charge in [-0.2, -0.15) is 0 Å². The molecule has 3 aromatic rings. The molecule has 0 aliphatic rings. The summed E-state index contributed by atoms with van der Waals surface area (Å²) >= 11 is 1.65. The van der Waals surface area contributed by atoms with Crippen molar-refractivity contribution < 1.29 is 14.3 Å². The number of carbonyl (C=O) groups is 1. The first-order chi connectivity index (χ1) is 10.3. The fourth-order valence-corrected chi connectivity index (χ4v) is 2.86. The minimum atomic E-state index is -0.398. The SMILES string of the molecule is COC(=O)COc1ccc(-c2nc3ccccc3s2)cc1. The van der Waals surface area contributed by atoms with Gasteiger partial charge in [-0.3, -0.25) is 0 Å². The van der Waals surface area contributed by atoms with Crippen LogP contribution in [0.15, 0.2) is 48.5 Å². The third-order valence-corrected chi connectivity index (χ3v) is 4.06. The molecule has 3 rings (SSSR count). The monoisotopic (exact) mass is 299 g/mol. The zero-order valence-electron chi connectivity index (χ0n) is 11.4. The molecule has 21 heavy (non-hydrogen) atoms. The standard InChI is InChI=1S/C16H13NO3S/c1-19-15(18)10-20-12-8-6-11(7-9-12)16-17-13-4-2-3-5-14(13)21-16/h2-9H,10H2,1H3. The van der Waals surface area contributed by atoms with Crippen LogP contribution in [0.4, 0.5) is 0 Å². The molecule has 0 unspecified atom stereocenters. The van der Waals surface area contributed by atoms with Gasteiger partial charge in [-0.15, -0.1) is 11.3 Å². The van der Waals surface area contributed by atoms with Gasteiger partial charge in [-0.1, -0.05) is 12.1 Å². The van der Waals surface area contributed by atoms with Crippen molar-refractivity contribution in [3.63, 3.8) is 0 Å². The molecule has 0 aliphatic carbocycles. The van der Waals surface area contributed by atoms with Crippen LogP contribution in [0, 0.1) is 0 Å². The number of hydrogen-bond donors (Lipinski definition) is 0. The lowest BCUT2D eigenvalue weighted by atomic mass is 10.2. The van der Waals surface area contributed by atoms with E-state index in [0.717, 1.165) is 16.1 Å². The van der Waals surface area contributed by atoms with Gasteiger partial charge < -0.3 is 9.47 Å². The molecule has 0 fully saturated rings. The van der Waals surface area contributed by atoms with Crippen LogP contribution in [-0.2, 0) is 9.53 Å². The Labute approximate surface area is 126 Å². The number of benzene rings is 2. The summed E-state index contributed by atoms with van der Waals surface area (Å²) in [7, 11) is 1.34. The highest BCUT2D eigenvalue weighted by atomic mass is 32.1. The maximum atomic E-state index is 11.0. The zero-order chi connectivity index (χ0) is 14.7. The van der Waals surface area contributed by atoms with Crippen LogP contribution in [0.3, 0.4) is 0 Å². The minimum absolute atomic E-state index is 0.0863. The van der Waals surface area contributed by atoms with Gasteiger partial charge in [0.05, 0.1) is 17.3 Å². The Kier molecular flexibility index (Phi) is 3.83. The van der Waals surface area contributed by atoms with E-state index in [9.17, 15) is 4.79 Å². The van der Waals surface area contributed by atoms with E-state index in [1.807, 2.05) is 42.5 Å². The van der Waals surface area contributed by atoms with E-state index < -0.39 is 5.97 Å². The van der Waals surface area contributed by atoms with E-state index in [0.29, 0.717) is 5.75 Å². The van der Waals surface area contributed by atoms with Crippen LogP contribution in [0.5, 0.6) is 5.75 Å². The Bertz CT molecular complexity index is 732. The number of methoxy groups -OCH3 is 1. The molecule has 2 aromatic carbocycles. The fraction of sp³-hybridized carbons (Fsp3) is 0.125. The van der Waals surface area contributed by atoms with Crippen molar-refractivity contribution in [3.8, 4) is 16.3 Å². The molecule has 0 amide bonds. The lowest BCUT2D eigenvalue weighted by Gasteiger charge is -2.04. The second kappa shape index (κ2) is 5.93. The first-order valence-electron chi connectivity index (χ1n) is 6.42. The number of hydrogen-bond acceptors (Lipinski definition) is 5. The van der Waals surface area contributed by atoms with Crippen molar-refractivity contribution in [1.29, 1.82) is 0 Å². The number of fused-ring (bicyclic) bond motifs is 1. The van der Waals surface area contributed by atoms with Crippen molar-refractivity contribution >= 4 is 27.5 Å². The van der Waals surface area contributed by atoms with E-state index in [1.54, 1.807) is 11.3 Å². The van der Waals surface area contributed by atoms with Crippen molar-refractivity contribution in [2.45, 2.75) is 0 Å². The van der Waals surface area contributed by atoms with E-state index in [-0.39, 0.29) is 6.61 Å². The molecule has 4 nitrogen and oxygen atoms in total. The maximum Gasteiger partial charge on any atom is 0.343 e. The van der Waals surface area contributed by atoms with Crippen LogP contribution in [0.1, 0.15) is 0 Å². The molecule has 0 N–H and O–H groups in total. The molecule has 0 bridgehead atoms. The fourth-order valence-electron chi connectivity index (χ4n) is 1.89. The summed E-state index contributed by atoms with van der Waals surface area (Å²) < 4.78 is 11.0. The number of ether oxygens (including phenoxy) is 2. The number of thiazole rings is 1. The molecule has 0 saturated heterocycles.